The minimum atomic E-state index is -1.13. The molecule has 2 heterocycles. The summed E-state index contributed by atoms with van der Waals surface area (Å²) in [5.41, 5.74) is 0.240. The maximum absolute atomic E-state index is 12.4. The van der Waals surface area contributed by atoms with E-state index in [0.29, 0.717) is 18.7 Å². The zero-order valence-electron chi connectivity index (χ0n) is 10.7. The number of hydrogen-bond acceptors (Lipinski definition) is 4. The molecule has 0 radical (unpaired) electrons. The highest BCUT2D eigenvalue weighted by molar-refractivity contribution is 5.96. The number of carboxylic acids is 1. The van der Waals surface area contributed by atoms with E-state index in [4.69, 9.17) is 9.84 Å². The number of carboxylic acid groups (broad SMARTS) is 1. The first kappa shape index (κ1) is 13.5. The van der Waals surface area contributed by atoms with Crippen molar-refractivity contribution in [2.75, 3.05) is 20.3 Å². The van der Waals surface area contributed by atoms with Crippen LogP contribution in [0.5, 0.6) is 0 Å². The Kier molecular flexibility index (Phi) is 4.11. The summed E-state index contributed by atoms with van der Waals surface area (Å²) < 4.78 is 5.10. The van der Waals surface area contributed by atoms with Crippen molar-refractivity contribution in [1.82, 2.24) is 9.88 Å². The molecule has 2 rings (SSSR count). The molecular formula is C13H16N2O4. The van der Waals surface area contributed by atoms with Gasteiger partial charge in [0.15, 0.2) is 0 Å². The Balaban J connectivity index is 2.19. The molecule has 0 bridgehead atoms. The molecule has 1 aromatic rings. The highest BCUT2D eigenvalue weighted by Crippen LogP contribution is 2.20. The monoisotopic (exact) mass is 264 g/mol. The number of aromatic carboxylic acids is 1. The van der Waals surface area contributed by atoms with Gasteiger partial charge in [0.25, 0.3) is 5.91 Å². The molecule has 6 heteroatoms. The quantitative estimate of drug-likeness (QED) is 0.878. The summed E-state index contributed by atoms with van der Waals surface area (Å²) >= 11 is 0. The maximum atomic E-state index is 12.4. The third kappa shape index (κ3) is 2.90. The van der Waals surface area contributed by atoms with Crippen LogP contribution in [0.25, 0.3) is 0 Å². The number of nitrogens with zero attached hydrogens (tertiary/aromatic N) is 2. The van der Waals surface area contributed by atoms with Gasteiger partial charge < -0.3 is 14.7 Å². The largest absolute Gasteiger partial charge is 0.477 e. The fourth-order valence-corrected chi connectivity index (χ4v) is 2.32. The van der Waals surface area contributed by atoms with E-state index < -0.39 is 5.97 Å². The topological polar surface area (TPSA) is 79.7 Å². The Morgan fingerprint density at radius 1 is 1.58 bits per heavy atom. The highest BCUT2D eigenvalue weighted by atomic mass is 16.5. The van der Waals surface area contributed by atoms with Crippen molar-refractivity contribution >= 4 is 11.9 Å². The van der Waals surface area contributed by atoms with E-state index in [1.807, 2.05) is 0 Å². The number of methoxy groups -OCH3 is 1. The van der Waals surface area contributed by atoms with Gasteiger partial charge in [0.1, 0.15) is 5.69 Å². The Bertz CT molecular complexity index is 489. The number of ether oxygens (including phenoxy) is 1. The van der Waals surface area contributed by atoms with E-state index in [-0.39, 0.29) is 17.6 Å². The minimum absolute atomic E-state index is 0.0685. The van der Waals surface area contributed by atoms with Crippen molar-refractivity contribution in [1.29, 1.82) is 0 Å². The molecule has 1 atom stereocenters. The lowest BCUT2D eigenvalue weighted by atomic mass is 10.2. The van der Waals surface area contributed by atoms with Crippen LogP contribution in [0.4, 0.5) is 0 Å². The molecule has 1 amide bonds. The Hall–Kier alpha value is -1.95. The van der Waals surface area contributed by atoms with Crippen molar-refractivity contribution in [2.45, 2.75) is 18.9 Å². The van der Waals surface area contributed by atoms with Crippen LogP contribution in [0.15, 0.2) is 18.3 Å². The number of carbonyl (C=O) groups excluding carboxylic acids is 1. The Labute approximate surface area is 111 Å². The predicted molar refractivity (Wildman–Crippen MR) is 67.1 cm³/mol. The van der Waals surface area contributed by atoms with Gasteiger partial charge in [-0.1, -0.05) is 0 Å². The molecule has 1 aliphatic heterocycles. The van der Waals surface area contributed by atoms with Crippen LogP contribution < -0.4 is 0 Å². The number of carbonyl (C=O) groups is 2. The van der Waals surface area contributed by atoms with Crippen molar-refractivity contribution in [3.05, 3.63) is 29.6 Å². The fraction of sp³-hybridized carbons (Fsp3) is 0.462. The molecule has 0 aromatic carbocycles. The van der Waals surface area contributed by atoms with Crippen LogP contribution in [0, 0.1) is 0 Å². The highest BCUT2D eigenvalue weighted by Gasteiger charge is 2.29. The van der Waals surface area contributed by atoms with Crippen LogP contribution in [-0.2, 0) is 4.74 Å². The second-order valence-corrected chi connectivity index (χ2v) is 4.48. The van der Waals surface area contributed by atoms with Crippen molar-refractivity contribution < 1.29 is 19.4 Å². The van der Waals surface area contributed by atoms with Crippen LogP contribution >= 0.6 is 0 Å². The molecule has 1 aromatic heterocycles. The summed E-state index contributed by atoms with van der Waals surface area (Å²) in [6, 6.07) is 2.92. The first-order valence-electron chi connectivity index (χ1n) is 6.12. The zero-order chi connectivity index (χ0) is 13.8. The van der Waals surface area contributed by atoms with E-state index in [0.717, 1.165) is 12.8 Å². The second kappa shape index (κ2) is 5.79. The molecule has 1 aliphatic rings. The molecule has 0 aliphatic carbocycles. The summed E-state index contributed by atoms with van der Waals surface area (Å²) in [5.74, 6) is -1.30. The molecule has 19 heavy (non-hydrogen) atoms. The van der Waals surface area contributed by atoms with Crippen LogP contribution in [-0.4, -0.2) is 53.2 Å². The number of aromatic nitrogens is 1. The van der Waals surface area contributed by atoms with E-state index in [9.17, 15) is 9.59 Å². The van der Waals surface area contributed by atoms with Crippen molar-refractivity contribution in [2.24, 2.45) is 0 Å². The molecule has 1 saturated heterocycles. The summed E-state index contributed by atoms with van der Waals surface area (Å²) in [6.45, 7) is 1.18. The van der Waals surface area contributed by atoms with Gasteiger partial charge in [-0.2, -0.15) is 0 Å². The number of hydrogen-bond donors (Lipinski definition) is 1. The third-order valence-electron chi connectivity index (χ3n) is 3.22. The second-order valence-electron chi connectivity index (χ2n) is 4.48. The van der Waals surface area contributed by atoms with Gasteiger partial charge in [0, 0.05) is 25.4 Å². The van der Waals surface area contributed by atoms with Gasteiger partial charge in [-0.25, -0.2) is 9.78 Å². The molecule has 0 unspecified atom stereocenters. The van der Waals surface area contributed by atoms with Crippen molar-refractivity contribution in [3.8, 4) is 0 Å². The number of pyridine rings is 1. The van der Waals surface area contributed by atoms with Gasteiger partial charge in [-0.15, -0.1) is 0 Å². The van der Waals surface area contributed by atoms with E-state index in [1.54, 1.807) is 12.0 Å². The smallest absolute Gasteiger partial charge is 0.354 e. The first-order chi connectivity index (χ1) is 9.13. The van der Waals surface area contributed by atoms with E-state index in [1.165, 1.54) is 18.3 Å². The lowest BCUT2D eigenvalue weighted by Crippen LogP contribution is -2.38. The fourth-order valence-electron chi connectivity index (χ4n) is 2.32. The summed E-state index contributed by atoms with van der Waals surface area (Å²) in [4.78, 5) is 28.7. The van der Waals surface area contributed by atoms with Gasteiger partial charge in [-0.05, 0) is 25.0 Å². The first-order valence-corrected chi connectivity index (χ1v) is 6.12. The standard InChI is InChI=1S/C13H16N2O4/c1-19-8-10-3-2-6-15(10)12(16)9-4-5-14-11(7-9)13(17)18/h4-5,7,10H,2-3,6,8H2,1H3,(H,17,18)/t10-/m1/s1. The van der Waals surface area contributed by atoms with Gasteiger partial charge in [0.05, 0.1) is 12.6 Å². The summed E-state index contributed by atoms with van der Waals surface area (Å²) in [7, 11) is 1.61. The molecule has 1 fully saturated rings. The molecule has 0 spiro atoms. The molecule has 102 valence electrons. The van der Waals surface area contributed by atoms with Crippen LogP contribution in [0.1, 0.15) is 33.7 Å². The lowest BCUT2D eigenvalue weighted by Gasteiger charge is -2.24. The number of rotatable bonds is 4. The van der Waals surface area contributed by atoms with Crippen molar-refractivity contribution in [3.63, 3.8) is 0 Å². The Morgan fingerprint density at radius 3 is 3.05 bits per heavy atom. The maximum Gasteiger partial charge on any atom is 0.354 e. The normalized spacial score (nSPS) is 18.6. The minimum Gasteiger partial charge on any atom is -0.477 e. The zero-order valence-corrected chi connectivity index (χ0v) is 10.7. The molecule has 6 nitrogen and oxygen atoms in total. The lowest BCUT2D eigenvalue weighted by molar-refractivity contribution is 0.0630. The van der Waals surface area contributed by atoms with Crippen LogP contribution in [0.3, 0.4) is 0 Å². The molecular weight excluding hydrogens is 248 g/mol. The molecule has 0 saturated carbocycles. The predicted octanol–water partition coefficient (Wildman–Crippen LogP) is 1.03. The van der Waals surface area contributed by atoms with Gasteiger partial charge in [0.2, 0.25) is 0 Å². The van der Waals surface area contributed by atoms with Crippen LogP contribution in [0.2, 0.25) is 0 Å². The number of likely N-dealkylation sites (tertiary alicyclic amines) is 1. The summed E-state index contributed by atoms with van der Waals surface area (Å²) in [5, 5.41) is 8.89. The average Bonchev–Trinajstić information content (AvgIpc) is 2.86. The molecule has 1 N–H and O–H groups in total. The third-order valence-corrected chi connectivity index (χ3v) is 3.22. The SMILES string of the molecule is COC[C@H]1CCCN1C(=O)c1ccnc(C(=O)O)c1. The average molecular weight is 264 g/mol. The number of amides is 1. The van der Waals surface area contributed by atoms with Gasteiger partial charge in [-0.3, -0.25) is 4.79 Å². The van der Waals surface area contributed by atoms with E-state index in [2.05, 4.69) is 4.98 Å². The van der Waals surface area contributed by atoms with Gasteiger partial charge >= 0.3 is 5.97 Å². The van der Waals surface area contributed by atoms with E-state index >= 15 is 0 Å². The Morgan fingerprint density at radius 2 is 2.37 bits per heavy atom. The summed E-state index contributed by atoms with van der Waals surface area (Å²) in [6.07, 6.45) is 3.20.